The molecule has 0 saturated carbocycles. The molecule has 0 aliphatic carbocycles. The first-order valence-corrected chi connectivity index (χ1v) is 7.97. The quantitative estimate of drug-likeness (QED) is 0.441. The normalized spacial score (nSPS) is 23.8. The van der Waals surface area contributed by atoms with E-state index in [4.69, 9.17) is 28.0 Å². The smallest absolute Gasteiger partial charge is 0.341 e. The molecule has 0 aromatic heterocycles. The summed E-state index contributed by atoms with van der Waals surface area (Å²) in [6, 6.07) is 4.15. The number of carbonyl (C=O) groups is 4. The molecule has 2 amide bonds. The van der Waals surface area contributed by atoms with Gasteiger partial charge in [-0.3, -0.25) is 14.4 Å². The molecule has 0 radical (unpaired) electrons. The number of carbonyl (C=O) groups excluding carboxylic acids is 4. The van der Waals surface area contributed by atoms with Crippen LogP contribution in [0.5, 0.6) is 0 Å². The topological polar surface area (TPSA) is 111 Å². The molecule has 1 aromatic rings. The van der Waals surface area contributed by atoms with E-state index in [1.165, 1.54) is 18.2 Å². The third-order valence-corrected chi connectivity index (χ3v) is 4.77. The third-order valence-electron chi connectivity index (χ3n) is 4.23. The molecule has 2 fully saturated rings. The van der Waals surface area contributed by atoms with Crippen LogP contribution in [-0.2, 0) is 33.5 Å². The average Bonchev–Trinajstić information content (AvgIpc) is 3.13. The van der Waals surface area contributed by atoms with E-state index in [1.54, 1.807) is 0 Å². The van der Waals surface area contributed by atoms with Gasteiger partial charge in [0, 0.05) is 5.02 Å². The van der Waals surface area contributed by atoms with Crippen LogP contribution in [0.15, 0.2) is 18.2 Å². The van der Waals surface area contributed by atoms with E-state index in [9.17, 15) is 19.2 Å². The van der Waals surface area contributed by atoms with Crippen molar-refractivity contribution in [3.63, 3.8) is 0 Å². The fourth-order valence-electron chi connectivity index (χ4n) is 3.04. The molecule has 2 saturated heterocycles. The van der Waals surface area contributed by atoms with Gasteiger partial charge in [-0.1, -0.05) is 23.2 Å². The van der Waals surface area contributed by atoms with Gasteiger partial charge in [0.1, 0.15) is 5.92 Å². The Balaban J connectivity index is 2.10. The van der Waals surface area contributed by atoms with Crippen LogP contribution in [0.2, 0.25) is 10.0 Å². The third kappa shape index (κ3) is 2.39. The maximum absolute atomic E-state index is 13.0. The number of hydrogen-bond donors (Lipinski definition) is 1. The zero-order valence-electron chi connectivity index (χ0n) is 13.4. The Bertz CT molecular complexity index is 812. The summed E-state index contributed by atoms with van der Waals surface area (Å²) in [5.41, 5.74) is -0.104. The Morgan fingerprint density at radius 2 is 1.77 bits per heavy atom. The van der Waals surface area contributed by atoms with Gasteiger partial charge in [0.05, 0.1) is 24.9 Å². The maximum atomic E-state index is 13.0. The van der Waals surface area contributed by atoms with Crippen LogP contribution in [0.1, 0.15) is 0 Å². The molecular weight excluding hydrogens is 391 g/mol. The van der Waals surface area contributed by atoms with Crippen molar-refractivity contribution >= 4 is 52.6 Å². The van der Waals surface area contributed by atoms with E-state index < -0.39 is 41.3 Å². The van der Waals surface area contributed by atoms with Crippen molar-refractivity contribution < 1.29 is 33.5 Å². The molecule has 1 aromatic carbocycles. The second kappa shape index (κ2) is 6.51. The molecule has 9 nitrogen and oxygen atoms in total. The summed E-state index contributed by atoms with van der Waals surface area (Å²) >= 11 is 11.9. The molecule has 3 rings (SSSR count). The number of hydrogen-bond acceptors (Lipinski definition) is 8. The largest absolute Gasteiger partial charge is 0.467 e. The summed E-state index contributed by atoms with van der Waals surface area (Å²) in [5, 5.41) is 0.336. The minimum atomic E-state index is -2.31. The number of anilines is 1. The van der Waals surface area contributed by atoms with Crippen molar-refractivity contribution in [3.05, 3.63) is 28.2 Å². The zero-order chi connectivity index (χ0) is 19.2. The van der Waals surface area contributed by atoms with E-state index in [-0.39, 0.29) is 10.7 Å². The summed E-state index contributed by atoms with van der Waals surface area (Å²) in [5.74, 6) is -5.44. The molecule has 2 atom stereocenters. The highest BCUT2D eigenvalue weighted by Gasteiger charge is 2.72. The Kier molecular flexibility index (Phi) is 4.65. The van der Waals surface area contributed by atoms with Crippen LogP contribution in [0.4, 0.5) is 5.69 Å². The lowest BCUT2D eigenvalue weighted by Crippen LogP contribution is -2.61. The number of halogens is 2. The molecule has 2 aliphatic heterocycles. The molecular formula is C15H12Cl2N2O7. The molecule has 0 unspecified atom stereocenters. The maximum Gasteiger partial charge on any atom is 0.341 e. The number of fused-ring (bicyclic) bond motifs is 1. The SMILES string of the molecule is COC(=O)C1(C(=O)OC)NO[C@H]2C(=O)N(c3ccc(Cl)cc3Cl)C(=O)[C@@H]21. The number of ether oxygens (including phenoxy) is 2. The number of rotatable bonds is 3. The van der Waals surface area contributed by atoms with Gasteiger partial charge in [-0.15, -0.1) is 0 Å². The Morgan fingerprint density at radius 1 is 1.15 bits per heavy atom. The fourth-order valence-corrected chi connectivity index (χ4v) is 3.53. The Labute approximate surface area is 157 Å². The standard InChI is InChI=1S/C15H12Cl2N2O7/c1-24-13(22)15(14(23)25-2)9-10(26-18-15)12(21)19(11(9)20)8-4-3-6(16)5-7(8)17/h3-5,9-10,18H,1-2H3/t9-,10-/m1/s1. The second-order valence-corrected chi connectivity index (χ2v) is 6.36. The molecule has 0 spiro atoms. The predicted molar refractivity (Wildman–Crippen MR) is 87.2 cm³/mol. The second-order valence-electron chi connectivity index (χ2n) is 5.52. The van der Waals surface area contributed by atoms with E-state index in [2.05, 4.69) is 15.0 Å². The molecule has 0 bridgehead atoms. The van der Waals surface area contributed by atoms with E-state index in [1.807, 2.05) is 0 Å². The lowest BCUT2D eigenvalue weighted by Gasteiger charge is -2.26. The predicted octanol–water partition coefficient (Wildman–Crippen LogP) is 0.471. The number of hydroxylamine groups is 1. The number of nitrogens with zero attached hydrogens (tertiary/aromatic N) is 1. The molecule has 26 heavy (non-hydrogen) atoms. The van der Waals surface area contributed by atoms with Crippen molar-refractivity contribution in [2.75, 3.05) is 19.1 Å². The van der Waals surface area contributed by atoms with Crippen molar-refractivity contribution in [3.8, 4) is 0 Å². The number of esters is 2. The van der Waals surface area contributed by atoms with E-state index in [0.29, 0.717) is 5.02 Å². The number of amides is 2. The number of nitrogens with one attached hydrogen (secondary N) is 1. The number of methoxy groups -OCH3 is 2. The van der Waals surface area contributed by atoms with Crippen molar-refractivity contribution in [2.24, 2.45) is 5.92 Å². The van der Waals surface area contributed by atoms with Gasteiger partial charge >= 0.3 is 11.9 Å². The van der Waals surface area contributed by atoms with Crippen LogP contribution in [-0.4, -0.2) is 49.6 Å². The number of benzene rings is 1. The summed E-state index contributed by atoms with van der Waals surface area (Å²) in [6.45, 7) is 0. The minimum Gasteiger partial charge on any atom is -0.467 e. The fraction of sp³-hybridized carbons (Fsp3) is 0.333. The van der Waals surface area contributed by atoms with Crippen LogP contribution < -0.4 is 10.4 Å². The van der Waals surface area contributed by atoms with E-state index in [0.717, 1.165) is 19.1 Å². The first kappa shape index (κ1) is 18.6. The molecule has 1 N–H and O–H groups in total. The van der Waals surface area contributed by atoms with E-state index >= 15 is 0 Å². The highest BCUT2D eigenvalue weighted by Crippen LogP contribution is 2.42. The lowest BCUT2D eigenvalue weighted by atomic mass is 9.82. The zero-order valence-corrected chi connectivity index (χ0v) is 15.0. The van der Waals surface area contributed by atoms with Gasteiger partial charge in [-0.05, 0) is 18.2 Å². The highest BCUT2D eigenvalue weighted by atomic mass is 35.5. The Hall–Kier alpha value is -2.20. The summed E-state index contributed by atoms with van der Waals surface area (Å²) in [6.07, 6.45) is -1.44. The monoisotopic (exact) mass is 402 g/mol. The van der Waals surface area contributed by atoms with Gasteiger partial charge in [0.15, 0.2) is 6.10 Å². The van der Waals surface area contributed by atoms with Gasteiger partial charge in [-0.2, -0.15) is 5.48 Å². The number of imide groups is 1. The first-order chi connectivity index (χ1) is 12.3. The van der Waals surface area contributed by atoms with Gasteiger partial charge in [0.25, 0.3) is 11.4 Å². The van der Waals surface area contributed by atoms with Gasteiger partial charge < -0.3 is 9.47 Å². The van der Waals surface area contributed by atoms with Crippen molar-refractivity contribution in [1.82, 2.24) is 5.48 Å². The highest BCUT2D eigenvalue weighted by molar-refractivity contribution is 6.38. The average molecular weight is 403 g/mol. The molecule has 2 aliphatic rings. The van der Waals surface area contributed by atoms with Crippen molar-refractivity contribution in [2.45, 2.75) is 11.6 Å². The summed E-state index contributed by atoms with van der Waals surface area (Å²) in [7, 11) is 2.05. The summed E-state index contributed by atoms with van der Waals surface area (Å²) in [4.78, 5) is 56.1. The molecule has 2 heterocycles. The minimum absolute atomic E-state index is 0.0360. The van der Waals surface area contributed by atoms with Gasteiger partial charge in [0.2, 0.25) is 5.91 Å². The molecule has 11 heteroatoms. The summed E-state index contributed by atoms with van der Waals surface area (Å²) < 4.78 is 9.25. The van der Waals surface area contributed by atoms with Crippen LogP contribution in [0.25, 0.3) is 0 Å². The van der Waals surface area contributed by atoms with Crippen LogP contribution in [0.3, 0.4) is 0 Å². The van der Waals surface area contributed by atoms with Crippen LogP contribution in [0, 0.1) is 5.92 Å². The van der Waals surface area contributed by atoms with Gasteiger partial charge in [-0.25, -0.2) is 14.5 Å². The lowest BCUT2D eigenvalue weighted by molar-refractivity contribution is -0.169. The molecule has 138 valence electrons. The van der Waals surface area contributed by atoms with Crippen LogP contribution >= 0.6 is 23.2 Å². The Morgan fingerprint density at radius 3 is 2.31 bits per heavy atom. The van der Waals surface area contributed by atoms with Crippen molar-refractivity contribution in [1.29, 1.82) is 0 Å². The first-order valence-electron chi connectivity index (χ1n) is 7.22.